The van der Waals surface area contributed by atoms with E-state index in [-0.39, 0.29) is 16.8 Å². The Balaban J connectivity index is 1.62. The predicted molar refractivity (Wildman–Crippen MR) is 105 cm³/mol. The lowest BCUT2D eigenvalue weighted by molar-refractivity contribution is -0.120. The van der Waals surface area contributed by atoms with Gasteiger partial charge in [-0.25, -0.2) is 9.37 Å². The molecule has 142 valence electrons. The maximum absolute atomic E-state index is 14.7. The summed E-state index contributed by atoms with van der Waals surface area (Å²) in [7, 11) is 0. The molecule has 2 aliphatic rings. The zero-order valence-electron chi connectivity index (χ0n) is 14.7. The number of pyridine rings is 1. The Labute approximate surface area is 167 Å². The molecular formula is C20H20Cl2FN3O. The van der Waals surface area contributed by atoms with E-state index in [1.54, 1.807) is 30.3 Å². The Morgan fingerprint density at radius 2 is 1.96 bits per heavy atom. The highest BCUT2D eigenvalue weighted by Gasteiger charge is 2.43. The molecule has 27 heavy (non-hydrogen) atoms. The van der Waals surface area contributed by atoms with Gasteiger partial charge in [-0.15, -0.1) is 0 Å². The van der Waals surface area contributed by atoms with Gasteiger partial charge in [-0.1, -0.05) is 41.4 Å². The van der Waals surface area contributed by atoms with Crippen LogP contribution in [-0.4, -0.2) is 34.9 Å². The number of carbonyl (C=O) groups excluding carboxylic acids is 1. The second kappa shape index (κ2) is 7.74. The zero-order chi connectivity index (χ0) is 19.0. The quantitative estimate of drug-likeness (QED) is 0.728. The molecule has 1 aliphatic heterocycles. The van der Waals surface area contributed by atoms with Gasteiger partial charge in [0, 0.05) is 12.5 Å². The lowest BCUT2D eigenvalue weighted by atomic mass is 9.90. The van der Waals surface area contributed by atoms with Crippen LogP contribution in [0.5, 0.6) is 0 Å². The van der Waals surface area contributed by atoms with Crippen LogP contribution in [-0.2, 0) is 4.79 Å². The molecule has 1 saturated heterocycles. The van der Waals surface area contributed by atoms with E-state index in [1.165, 1.54) is 18.9 Å². The molecule has 1 aromatic carbocycles. The average Bonchev–Trinajstić information content (AvgIpc) is 3.35. The van der Waals surface area contributed by atoms with Crippen LogP contribution in [0.15, 0.2) is 36.4 Å². The zero-order valence-corrected chi connectivity index (χ0v) is 16.2. The normalized spacial score (nSPS) is 22.8. The van der Waals surface area contributed by atoms with Crippen LogP contribution in [0.25, 0.3) is 0 Å². The van der Waals surface area contributed by atoms with Crippen molar-refractivity contribution in [1.82, 2.24) is 9.88 Å². The van der Waals surface area contributed by atoms with Gasteiger partial charge in [-0.05, 0) is 55.5 Å². The van der Waals surface area contributed by atoms with Crippen molar-refractivity contribution < 1.29 is 9.18 Å². The number of anilines is 1. The van der Waals surface area contributed by atoms with Gasteiger partial charge < -0.3 is 5.32 Å². The van der Waals surface area contributed by atoms with Gasteiger partial charge in [0.25, 0.3) is 0 Å². The number of nitrogens with one attached hydrogen (secondary N) is 1. The number of aromatic nitrogens is 1. The van der Waals surface area contributed by atoms with Crippen LogP contribution in [0.1, 0.15) is 30.7 Å². The van der Waals surface area contributed by atoms with E-state index in [0.29, 0.717) is 28.9 Å². The van der Waals surface area contributed by atoms with E-state index in [9.17, 15) is 9.18 Å². The number of benzene rings is 1. The first-order chi connectivity index (χ1) is 13.0. The summed E-state index contributed by atoms with van der Waals surface area (Å²) in [6.45, 7) is 1.62. The van der Waals surface area contributed by atoms with Gasteiger partial charge in [-0.2, -0.15) is 0 Å². The highest BCUT2D eigenvalue weighted by molar-refractivity contribution is 6.30. The van der Waals surface area contributed by atoms with Crippen LogP contribution in [0, 0.1) is 11.7 Å². The summed E-state index contributed by atoms with van der Waals surface area (Å²) in [6, 6.07) is 9.61. The first-order valence-electron chi connectivity index (χ1n) is 9.14. The van der Waals surface area contributed by atoms with Crippen LogP contribution < -0.4 is 5.32 Å². The van der Waals surface area contributed by atoms with Gasteiger partial charge in [-0.3, -0.25) is 9.69 Å². The van der Waals surface area contributed by atoms with Gasteiger partial charge in [0.2, 0.25) is 5.91 Å². The second-order valence-electron chi connectivity index (χ2n) is 7.26. The van der Waals surface area contributed by atoms with Crippen molar-refractivity contribution in [2.24, 2.45) is 5.92 Å². The van der Waals surface area contributed by atoms with Gasteiger partial charge in [0.05, 0.1) is 11.1 Å². The Kier molecular flexibility index (Phi) is 5.35. The smallest absolute Gasteiger partial charge is 0.243 e. The SMILES string of the molecule is O=C(Nc1cccc(Cl)n1)C1C(c2cccc(Cl)c2F)CCN1CC1CC1. The maximum atomic E-state index is 14.7. The van der Waals surface area contributed by atoms with Gasteiger partial charge in [0.15, 0.2) is 0 Å². The Hall–Kier alpha value is -1.69. The molecular weight excluding hydrogens is 388 g/mol. The number of nitrogens with zero attached hydrogens (tertiary/aromatic N) is 2. The van der Waals surface area contributed by atoms with Crippen molar-refractivity contribution in [1.29, 1.82) is 0 Å². The standard InChI is InChI=1S/C20H20Cl2FN3O/c21-15-4-1-3-13(18(15)23)14-9-10-26(11-12-7-8-12)19(14)20(27)25-17-6-2-5-16(22)24-17/h1-6,12,14,19H,7-11H2,(H,24,25,27). The molecule has 2 unspecified atom stereocenters. The number of amides is 1. The molecule has 0 spiro atoms. The number of halogens is 3. The summed E-state index contributed by atoms with van der Waals surface area (Å²) < 4.78 is 14.7. The maximum Gasteiger partial charge on any atom is 0.243 e. The molecule has 1 amide bonds. The second-order valence-corrected chi connectivity index (χ2v) is 8.05. The lowest BCUT2D eigenvalue weighted by Gasteiger charge is -2.27. The van der Waals surface area contributed by atoms with Gasteiger partial charge in [0.1, 0.15) is 16.8 Å². The summed E-state index contributed by atoms with van der Waals surface area (Å²) in [5, 5.41) is 3.25. The molecule has 0 bridgehead atoms. The van der Waals surface area contributed by atoms with Crippen molar-refractivity contribution in [2.75, 3.05) is 18.4 Å². The molecule has 2 atom stereocenters. The fourth-order valence-corrected chi connectivity index (χ4v) is 4.20. The van der Waals surface area contributed by atoms with Crippen molar-refractivity contribution in [2.45, 2.75) is 31.2 Å². The predicted octanol–water partition coefficient (Wildman–Crippen LogP) is 4.73. The third kappa shape index (κ3) is 4.10. The fraction of sp³-hybridized carbons (Fsp3) is 0.400. The van der Waals surface area contributed by atoms with E-state index in [2.05, 4.69) is 15.2 Å². The number of hydrogen-bond donors (Lipinski definition) is 1. The van der Waals surface area contributed by atoms with Crippen LogP contribution in [0.3, 0.4) is 0 Å². The third-order valence-corrected chi connectivity index (χ3v) is 5.81. The lowest BCUT2D eigenvalue weighted by Crippen LogP contribution is -2.43. The molecule has 2 heterocycles. The Morgan fingerprint density at radius 1 is 1.19 bits per heavy atom. The van der Waals surface area contributed by atoms with Crippen molar-refractivity contribution in [3.63, 3.8) is 0 Å². The summed E-state index contributed by atoms with van der Waals surface area (Å²) in [4.78, 5) is 19.4. The summed E-state index contributed by atoms with van der Waals surface area (Å²) in [5.74, 6) is 0.161. The van der Waals surface area contributed by atoms with Crippen molar-refractivity contribution >= 4 is 34.9 Å². The van der Waals surface area contributed by atoms with Crippen LogP contribution >= 0.6 is 23.2 Å². The summed E-state index contributed by atoms with van der Waals surface area (Å²) in [5.41, 5.74) is 0.500. The fourth-order valence-electron chi connectivity index (χ4n) is 3.85. The molecule has 0 radical (unpaired) electrons. The van der Waals surface area contributed by atoms with E-state index in [1.807, 2.05) is 0 Å². The molecule has 2 aromatic rings. The minimum absolute atomic E-state index is 0.0869. The van der Waals surface area contributed by atoms with E-state index in [0.717, 1.165) is 13.1 Å². The number of carbonyl (C=O) groups is 1. The minimum Gasteiger partial charge on any atom is -0.309 e. The third-order valence-electron chi connectivity index (χ3n) is 5.31. The molecule has 7 heteroatoms. The molecule has 1 aliphatic carbocycles. The number of rotatable bonds is 5. The topological polar surface area (TPSA) is 45.2 Å². The van der Waals surface area contributed by atoms with Crippen LogP contribution in [0.4, 0.5) is 10.2 Å². The number of likely N-dealkylation sites (tertiary alicyclic amines) is 1. The Morgan fingerprint density at radius 3 is 2.70 bits per heavy atom. The monoisotopic (exact) mass is 407 g/mol. The molecule has 4 rings (SSSR count). The van der Waals surface area contributed by atoms with E-state index in [4.69, 9.17) is 23.2 Å². The highest BCUT2D eigenvalue weighted by atomic mass is 35.5. The molecule has 2 fully saturated rings. The Bertz CT molecular complexity index is 859. The molecule has 4 nitrogen and oxygen atoms in total. The van der Waals surface area contributed by atoms with Crippen molar-refractivity contribution in [3.8, 4) is 0 Å². The first-order valence-corrected chi connectivity index (χ1v) is 9.90. The average molecular weight is 408 g/mol. The van der Waals surface area contributed by atoms with Crippen molar-refractivity contribution in [3.05, 3.63) is 58.0 Å². The van der Waals surface area contributed by atoms with Crippen LogP contribution in [0.2, 0.25) is 10.2 Å². The minimum atomic E-state index is -0.459. The molecule has 1 aromatic heterocycles. The van der Waals surface area contributed by atoms with E-state index >= 15 is 0 Å². The van der Waals surface area contributed by atoms with E-state index < -0.39 is 11.9 Å². The largest absolute Gasteiger partial charge is 0.309 e. The van der Waals surface area contributed by atoms with Gasteiger partial charge >= 0.3 is 0 Å². The molecule has 1 N–H and O–H groups in total. The first kappa shape index (κ1) is 18.7. The number of hydrogen-bond acceptors (Lipinski definition) is 3. The highest BCUT2D eigenvalue weighted by Crippen LogP contribution is 2.40. The summed E-state index contributed by atoms with van der Waals surface area (Å²) >= 11 is 11.9. The summed E-state index contributed by atoms with van der Waals surface area (Å²) in [6.07, 6.45) is 3.10. The molecule has 1 saturated carbocycles.